The fourth-order valence-electron chi connectivity index (χ4n) is 4.83. The Kier molecular flexibility index (Phi) is 8.13. The molecular weight excluding hydrogens is 473 g/mol. The molecule has 2 aliphatic heterocycles. The van der Waals surface area contributed by atoms with Gasteiger partial charge in [-0.05, 0) is 86.9 Å². The smallest absolute Gasteiger partial charge is 0.416 e. The number of rotatable bonds is 9. The third-order valence-corrected chi connectivity index (χ3v) is 6.94. The highest BCUT2D eigenvalue weighted by Crippen LogP contribution is 2.29. The summed E-state index contributed by atoms with van der Waals surface area (Å²) in [6, 6.07) is 6.87. The molecule has 4 rings (SSSR count). The maximum absolute atomic E-state index is 12.7. The Hall–Kier alpha value is -3.14. The van der Waals surface area contributed by atoms with Crippen molar-refractivity contribution in [2.24, 2.45) is 5.92 Å². The largest absolute Gasteiger partial charge is 0.480 e. The van der Waals surface area contributed by atoms with Crippen LogP contribution < -0.4 is 10.6 Å². The lowest BCUT2D eigenvalue weighted by molar-refractivity contribution is -0.139. The number of likely N-dealkylation sites (tertiary alicyclic amines) is 1. The van der Waals surface area contributed by atoms with Crippen LogP contribution in [0.3, 0.4) is 0 Å². The van der Waals surface area contributed by atoms with E-state index in [0.29, 0.717) is 12.5 Å². The van der Waals surface area contributed by atoms with E-state index in [2.05, 4.69) is 27.7 Å². The molecule has 3 N–H and O–H groups in total. The summed E-state index contributed by atoms with van der Waals surface area (Å²) < 4.78 is 38.2. The summed E-state index contributed by atoms with van der Waals surface area (Å²) in [5.74, 6) is -0.369. The van der Waals surface area contributed by atoms with E-state index in [1.54, 1.807) is 0 Å². The van der Waals surface area contributed by atoms with Gasteiger partial charge in [0.2, 0.25) is 0 Å². The minimum absolute atomic E-state index is 0.0125. The third-order valence-electron chi connectivity index (χ3n) is 6.94. The molecule has 2 aromatic rings. The summed E-state index contributed by atoms with van der Waals surface area (Å²) in [6.45, 7) is 3.20. The topological polar surface area (TPSA) is 94.6 Å². The molecule has 1 fully saturated rings. The zero-order chi connectivity index (χ0) is 25.7. The molecule has 0 saturated carbocycles. The predicted octanol–water partition coefficient (Wildman–Crippen LogP) is 3.99. The lowest BCUT2D eigenvalue weighted by Gasteiger charge is -2.20. The predicted molar refractivity (Wildman–Crippen MR) is 129 cm³/mol. The van der Waals surface area contributed by atoms with E-state index in [1.807, 2.05) is 0 Å². The molecule has 7 nitrogen and oxygen atoms in total. The number of nitrogens with one attached hydrogen (secondary N) is 2. The van der Waals surface area contributed by atoms with Crippen molar-refractivity contribution in [3.05, 3.63) is 58.8 Å². The summed E-state index contributed by atoms with van der Waals surface area (Å²) >= 11 is 0. The van der Waals surface area contributed by atoms with Crippen LogP contribution in [0.25, 0.3) is 0 Å². The van der Waals surface area contributed by atoms with Gasteiger partial charge >= 0.3 is 12.1 Å². The van der Waals surface area contributed by atoms with Crippen molar-refractivity contribution in [3.8, 4) is 0 Å². The first-order chi connectivity index (χ1) is 17.2. The van der Waals surface area contributed by atoms with Gasteiger partial charge in [-0.3, -0.25) is 4.79 Å². The van der Waals surface area contributed by atoms with Crippen LogP contribution in [0.5, 0.6) is 0 Å². The van der Waals surface area contributed by atoms with Crippen molar-refractivity contribution in [1.29, 1.82) is 0 Å². The van der Waals surface area contributed by atoms with Gasteiger partial charge in [0.05, 0.1) is 5.56 Å². The lowest BCUT2D eigenvalue weighted by atomic mass is 10.00. The van der Waals surface area contributed by atoms with Crippen LogP contribution in [0, 0.1) is 5.92 Å². The van der Waals surface area contributed by atoms with Crippen molar-refractivity contribution in [1.82, 2.24) is 15.2 Å². The van der Waals surface area contributed by atoms with Gasteiger partial charge in [0.25, 0.3) is 5.91 Å². The van der Waals surface area contributed by atoms with Crippen LogP contribution in [0.1, 0.15) is 52.9 Å². The minimum Gasteiger partial charge on any atom is -0.480 e. The lowest BCUT2D eigenvalue weighted by Crippen LogP contribution is -2.43. The molecule has 1 saturated heterocycles. The number of carbonyl (C=O) groups is 2. The van der Waals surface area contributed by atoms with E-state index in [9.17, 15) is 27.9 Å². The molecule has 1 amide bonds. The van der Waals surface area contributed by atoms with E-state index in [4.69, 9.17) is 4.98 Å². The van der Waals surface area contributed by atoms with Gasteiger partial charge in [-0.2, -0.15) is 13.2 Å². The Labute approximate surface area is 208 Å². The number of carboxylic acid groups (broad SMARTS) is 1. The highest BCUT2D eigenvalue weighted by Gasteiger charge is 2.31. The molecule has 1 aromatic carbocycles. The van der Waals surface area contributed by atoms with E-state index in [0.717, 1.165) is 87.5 Å². The molecule has 0 spiro atoms. The molecule has 2 unspecified atom stereocenters. The molecule has 0 aliphatic carbocycles. The van der Waals surface area contributed by atoms with Gasteiger partial charge < -0.3 is 20.6 Å². The number of aromatic nitrogens is 1. The zero-order valence-corrected chi connectivity index (χ0v) is 20.0. The molecule has 3 heterocycles. The van der Waals surface area contributed by atoms with Gasteiger partial charge in [0, 0.05) is 30.9 Å². The number of hydrogen-bond acceptors (Lipinski definition) is 5. The second-order valence-electron chi connectivity index (χ2n) is 9.56. The fourth-order valence-corrected chi connectivity index (χ4v) is 4.83. The summed E-state index contributed by atoms with van der Waals surface area (Å²) in [4.78, 5) is 31.0. The number of anilines is 1. The minimum atomic E-state index is -4.50. The highest BCUT2D eigenvalue weighted by molar-refractivity contribution is 5.96. The number of fused-ring (bicyclic) bond motifs is 1. The van der Waals surface area contributed by atoms with Crippen molar-refractivity contribution < 1.29 is 27.9 Å². The Morgan fingerprint density at radius 2 is 1.97 bits per heavy atom. The SMILES string of the molecule is O=C(NC(CCN1CCC(CCc2ccc3c(n2)NCCC3)C1)C(=O)O)c1ccc(C(F)(F)F)cc1. The number of aliphatic carboxylic acids is 1. The standard InChI is InChI=1S/C26H31F3N4O3/c27-26(28,29)20-7-4-19(5-8-20)24(34)32-22(25(35)36)12-15-33-14-11-17(16-33)3-9-21-10-6-18-2-1-13-30-23(18)31-21/h4-8,10,17,22H,1-3,9,11-16H2,(H,30,31)(H,32,34)(H,35,36). The number of nitrogens with zero attached hydrogens (tertiary/aromatic N) is 2. The number of benzene rings is 1. The molecule has 2 aliphatic rings. The molecule has 194 valence electrons. The maximum Gasteiger partial charge on any atom is 0.416 e. The number of carbonyl (C=O) groups excluding carboxylic acids is 1. The number of alkyl halides is 3. The number of carboxylic acids is 1. The third kappa shape index (κ3) is 6.75. The molecule has 1 aromatic heterocycles. The summed E-state index contributed by atoms with van der Waals surface area (Å²) in [6.07, 6.45) is 0.845. The van der Waals surface area contributed by atoms with Crippen molar-refractivity contribution in [3.63, 3.8) is 0 Å². The van der Waals surface area contributed by atoms with Crippen LogP contribution in [0.4, 0.5) is 19.0 Å². The van der Waals surface area contributed by atoms with E-state index in [1.165, 1.54) is 5.56 Å². The normalized spacial score (nSPS) is 18.8. The number of amides is 1. The summed E-state index contributed by atoms with van der Waals surface area (Å²) in [7, 11) is 0. The molecule has 10 heteroatoms. The summed E-state index contributed by atoms with van der Waals surface area (Å²) in [5.41, 5.74) is 1.48. The first-order valence-electron chi connectivity index (χ1n) is 12.3. The zero-order valence-electron chi connectivity index (χ0n) is 20.0. The van der Waals surface area contributed by atoms with Crippen LogP contribution >= 0.6 is 0 Å². The average molecular weight is 505 g/mol. The average Bonchev–Trinajstić information content (AvgIpc) is 3.32. The Morgan fingerprint density at radius 1 is 1.19 bits per heavy atom. The molecule has 36 heavy (non-hydrogen) atoms. The highest BCUT2D eigenvalue weighted by atomic mass is 19.4. The fraction of sp³-hybridized carbons (Fsp3) is 0.500. The van der Waals surface area contributed by atoms with E-state index in [-0.39, 0.29) is 12.0 Å². The van der Waals surface area contributed by atoms with Crippen molar-refractivity contribution >= 4 is 17.7 Å². The second kappa shape index (κ2) is 11.3. The maximum atomic E-state index is 12.7. The Bertz CT molecular complexity index is 1080. The van der Waals surface area contributed by atoms with E-state index >= 15 is 0 Å². The number of hydrogen-bond donors (Lipinski definition) is 3. The molecular formula is C26H31F3N4O3. The van der Waals surface area contributed by atoms with Crippen molar-refractivity contribution in [2.75, 3.05) is 31.5 Å². The monoisotopic (exact) mass is 504 g/mol. The molecule has 0 radical (unpaired) electrons. The van der Waals surface area contributed by atoms with Crippen molar-refractivity contribution in [2.45, 2.75) is 50.7 Å². The first-order valence-corrected chi connectivity index (χ1v) is 12.3. The second-order valence-corrected chi connectivity index (χ2v) is 9.56. The van der Waals surface area contributed by atoms with Crippen LogP contribution in [-0.2, 0) is 23.8 Å². The van der Waals surface area contributed by atoms with Crippen LogP contribution in [0.15, 0.2) is 36.4 Å². The molecule has 0 bridgehead atoms. The number of aryl methyl sites for hydroxylation is 2. The first kappa shape index (κ1) is 25.9. The molecule has 2 atom stereocenters. The quantitative estimate of drug-likeness (QED) is 0.478. The Balaban J connectivity index is 1.23. The van der Waals surface area contributed by atoms with Crippen LogP contribution in [0.2, 0.25) is 0 Å². The van der Waals surface area contributed by atoms with Gasteiger partial charge in [0.1, 0.15) is 11.9 Å². The van der Waals surface area contributed by atoms with Crippen LogP contribution in [-0.4, -0.2) is 59.1 Å². The summed E-state index contributed by atoms with van der Waals surface area (Å²) in [5, 5.41) is 15.3. The van der Waals surface area contributed by atoms with Gasteiger partial charge in [-0.15, -0.1) is 0 Å². The number of halogens is 3. The van der Waals surface area contributed by atoms with Gasteiger partial charge in [0.15, 0.2) is 0 Å². The van der Waals surface area contributed by atoms with E-state index < -0.39 is 29.7 Å². The van der Waals surface area contributed by atoms with Gasteiger partial charge in [-0.1, -0.05) is 6.07 Å². The van der Waals surface area contributed by atoms with Gasteiger partial charge in [-0.25, -0.2) is 9.78 Å². The Morgan fingerprint density at radius 3 is 2.69 bits per heavy atom. The number of pyridine rings is 1.